The standard InChI is InChI=1S/C16H19N3O2S/c1-19(2)10-13-11-22-16(17-13)18-15(21)9-8-14(20)12-6-4-3-5-7-12/h3-7,11H,8-10H2,1-2H3,(H,17,18,21). The molecule has 2 rings (SSSR count). The van der Waals surface area contributed by atoms with Crippen molar-refractivity contribution in [2.24, 2.45) is 0 Å². The van der Waals surface area contributed by atoms with Gasteiger partial charge in [-0.1, -0.05) is 30.3 Å². The molecule has 0 spiro atoms. The third-order valence-electron chi connectivity index (χ3n) is 2.95. The Morgan fingerprint density at radius 3 is 2.59 bits per heavy atom. The van der Waals surface area contributed by atoms with E-state index in [1.807, 2.05) is 42.6 Å². The van der Waals surface area contributed by atoms with Gasteiger partial charge in [0.2, 0.25) is 5.91 Å². The molecule has 0 fully saturated rings. The van der Waals surface area contributed by atoms with Gasteiger partial charge in [0, 0.05) is 30.3 Å². The molecule has 0 saturated heterocycles. The smallest absolute Gasteiger partial charge is 0.226 e. The highest BCUT2D eigenvalue weighted by molar-refractivity contribution is 7.13. The summed E-state index contributed by atoms with van der Waals surface area (Å²) in [6.07, 6.45) is 0.363. The monoisotopic (exact) mass is 317 g/mol. The fraction of sp³-hybridized carbons (Fsp3) is 0.312. The molecule has 0 bridgehead atoms. The predicted octanol–water partition coefficient (Wildman–Crippen LogP) is 2.81. The van der Waals surface area contributed by atoms with Gasteiger partial charge in [0.1, 0.15) is 0 Å². The number of carbonyl (C=O) groups is 2. The summed E-state index contributed by atoms with van der Waals surface area (Å²) in [5.41, 5.74) is 1.56. The molecule has 2 aromatic rings. The van der Waals surface area contributed by atoms with Crippen molar-refractivity contribution in [3.63, 3.8) is 0 Å². The van der Waals surface area contributed by atoms with E-state index in [1.54, 1.807) is 12.1 Å². The zero-order chi connectivity index (χ0) is 15.9. The van der Waals surface area contributed by atoms with Crippen LogP contribution in [0.2, 0.25) is 0 Å². The Kier molecular flexibility index (Phi) is 5.80. The quantitative estimate of drug-likeness (QED) is 0.798. The van der Waals surface area contributed by atoms with Crippen LogP contribution in [0.15, 0.2) is 35.7 Å². The fourth-order valence-corrected chi connectivity index (χ4v) is 2.66. The van der Waals surface area contributed by atoms with Crippen LogP contribution in [0.1, 0.15) is 28.9 Å². The van der Waals surface area contributed by atoms with Gasteiger partial charge in [-0.15, -0.1) is 11.3 Å². The average Bonchev–Trinajstić information content (AvgIpc) is 2.92. The minimum Gasteiger partial charge on any atom is -0.304 e. The van der Waals surface area contributed by atoms with E-state index in [-0.39, 0.29) is 24.5 Å². The molecular formula is C16H19N3O2S. The van der Waals surface area contributed by atoms with Crippen molar-refractivity contribution in [1.82, 2.24) is 9.88 Å². The van der Waals surface area contributed by atoms with Gasteiger partial charge in [-0.3, -0.25) is 9.59 Å². The van der Waals surface area contributed by atoms with Crippen LogP contribution in [-0.2, 0) is 11.3 Å². The first-order chi connectivity index (χ1) is 10.5. The van der Waals surface area contributed by atoms with Crippen LogP contribution in [0.3, 0.4) is 0 Å². The van der Waals surface area contributed by atoms with Crippen molar-refractivity contribution >= 4 is 28.2 Å². The van der Waals surface area contributed by atoms with Crippen LogP contribution in [0.4, 0.5) is 5.13 Å². The van der Waals surface area contributed by atoms with Gasteiger partial charge in [-0.25, -0.2) is 4.98 Å². The minimum absolute atomic E-state index is 0.0248. The van der Waals surface area contributed by atoms with Crippen molar-refractivity contribution in [1.29, 1.82) is 0 Å². The Morgan fingerprint density at radius 1 is 1.18 bits per heavy atom. The maximum atomic E-state index is 11.9. The lowest BCUT2D eigenvalue weighted by Gasteiger charge is -2.05. The minimum atomic E-state index is -0.185. The molecule has 0 atom stereocenters. The molecule has 0 aliphatic rings. The lowest BCUT2D eigenvalue weighted by Crippen LogP contribution is -2.14. The number of hydrogen-bond acceptors (Lipinski definition) is 5. The van der Waals surface area contributed by atoms with Crippen molar-refractivity contribution < 1.29 is 9.59 Å². The van der Waals surface area contributed by atoms with Gasteiger partial charge in [0.25, 0.3) is 0 Å². The second-order valence-corrected chi connectivity index (χ2v) is 6.08. The molecule has 0 radical (unpaired) electrons. The van der Waals surface area contributed by atoms with Gasteiger partial charge in [0.15, 0.2) is 10.9 Å². The highest BCUT2D eigenvalue weighted by Crippen LogP contribution is 2.16. The molecule has 1 aromatic heterocycles. The molecule has 1 aromatic carbocycles. The summed E-state index contributed by atoms with van der Waals surface area (Å²) >= 11 is 1.40. The number of hydrogen-bond donors (Lipinski definition) is 1. The Labute approximate surface area is 134 Å². The summed E-state index contributed by atoms with van der Waals surface area (Å²) in [7, 11) is 3.93. The number of amides is 1. The van der Waals surface area contributed by atoms with Crippen molar-refractivity contribution in [2.45, 2.75) is 19.4 Å². The molecule has 6 heteroatoms. The molecule has 1 heterocycles. The first-order valence-electron chi connectivity index (χ1n) is 7.02. The summed E-state index contributed by atoms with van der Waals surface area (Å²) in [6, 6.07) is 9.00. The molecule has 0 saturated carbocycles. The molecule has 116 valence electrons. The van der Waals surface area contributed by atoms with Crippen LogP contribution < -0.4 is 5.32 Å². The third-order valence-corrected chi connectivity index (χ3v) is 3.76. The normalized spacial score (nSPS) is 10.7. The lowest BCUT2D eigenvalue weighted by atomic mass is 10.1. The predicted molar refractivity (Wildman–Crippen MR) is 88.1 cm³/mol. The Bertz CT molecular complexity index is 638. The van der Waals surface area contributed by atoms with Gasteiger partial charge < -0.3 is 10.2 Å². The van der Waals surface area contributed by atoms with E-state index in [1.165, 1.54) is 11.3 Å². The van der Waals surface area contributed by atoms with E-state index < -0.39 is 0 Å². The zero-order valence-corrected chi connectivity index (χ0v) is 13.5. The number of benzene rings is 1. The van der Waals surface area contributed by atoms with E-state index in [2.05, 4.69) is 10.3 Å². The molecule has 5 nitrogen and oxygen atoms in total. The van der Waals surface area contributed by atoms with E-state index in [0.717, 1.165) is 12.2 Å². The topological polar surface area (TPSA) is 62.3 Å². The highest BCUT2D eigenvalue weighted by Gasteiger charge is 2.11. The van der Waals surface area contributed by atoms with Crippen LogP contribution >= 0.6 is 11.3 Å². The third kappa shape index (κ3) is 5.05. The Balaban J connectivity index is 1.80. The van der Waals surface area contributed by atoms with Crippen LogP contribution in [-0.4, -0.2) is 35.7 Å². The van der Waals surface area contributed by atoms with Crippen LogP contribution in [0.25, 0.3) is 0 Å². The lowest BCUT2D eigenvalue weighted by molar-refractivity contribution is -0.116. The van der Waals surface area contributed by atoms with Crippen molar-refractivity contribution in [3.8, 4) is 0 Å². The number of aromatic nitrogens is 1. The zero-order valence-electron chi connectivity index (χ0n) is 12.7. The van der Waals surface area contributed by atoms with E-state index in [4.69, 9.17) is 0 Å². The number of thiazole rings is 1. The molecule has 22 heavy (non-hydrogen) atoms. The molecule has 0 unspecified atom stereocenters. The largest absolute Gasteiger partial charge is 0.304 e. The van der Waals surface area contributed by atoms with Gasteiger partial charge >= 0.3 is 0 Å². The number of ketones is 1. The summed E-state index contributed by atoms with van der Waals surface area (Å²) < 4.78 is 0. The molecule has 1 amide bonds. The molecule has 0 aliphatic carbocycles. The first-order valence-corrected chi connectivity index (χ1v) is 7.90. The van der Waals surface area contributed by atoms with Crippen molar-refractivity contribution in [2.75, 3.05) is 19.4 Å². The molecule has 1 N–H and O–H groups in total. The summed E-state index contributed by atoms with van der Waals surface area (Å²) in [5.74, 6) is -0.210. The highest BCUT2D eigenvalue weighted by atomic mass is 32.1. The van der Waals surface area contributed by atoms with E-state index in [9.17, 15) is 9.59 Å². The Morgan fingerprint density at radius 2 is 1.91 bits per heavy atom. The molecular weight excluding hydrogens is 298 g/mol. The summed E-state index contributed by atoms with van der Waals surface area (Å²) in [5, 5.41) is 5.24. The van der Waals surface area contributed by atoms with Gasteiger partial charge in [0.05, 0.1) is 5.69 Å². The summed E-state index contributed by atoms with van der Waals surface area (Å²) in [4.78, 5) is 30.1. The van der Waals surface area contributed by atoms with Gasteiger partial charge in [-0.2, -0.15) is 0 Å². The molecule has 0 aliphatic heterocycles. The maximum Gasteiger partial charge on any atom is 0.226 e. The number of nitrogens with zero attached hydrogens (tertiary/aromatic N) is 2. The number of rotatable bonds is 7. The second-order valence-electron chi connectivity index (χ2n) is 5.22. The fourth-order valence-electron chi connectivity index (χ4n) is 1.94. The van der Waals surface area contributed by atoms with Gasteiger partial charge in [-0.05, 0) is 14.1 Å². The second kappa shape index (κ2) is 7.82. The Hall–Kier alpha value is -2.05. The summed E-state index contributed by atoms with van der Waals surface area (Å²) in [6.45, 7) is 0.735. The number of carbonyl (C=O) groups excluding carboxylic acids is 2. The van der Waals surface area contributed by atoms with E-state index in [0.29, 0.717) is 10.7 Å². The number of anilines is 1. The maximum absolute atomic E-state index is 11.9. The van der Waals surface area contributed by atoms with E-state index >= 15 is 0 Å². The SMILES string of the molecule is CN(C)Cc1csc(NC(=O)CCC(=O)c2ccccc2)n1. The average molecular weight is 317 g/mol. The van der Waals surface area contributed by atoms with Crippen molar-refractivity contribution in [3.05, 3.63) is 47.0 Å². The number of Topliss-reactive ketones (excluding diaryl/α,β-unsaturated/α-hetero) is 1. The van der Waals surface area contributed by atoms with Crippen LogP contribution in [0, 0.1) is 0 Å². The first kappa shape index (κ1) is 16.3. The number of nitrogens with one attached hydrogen (secondary N) is 1. The van der Waals surface area contributed by atoms with Crippen LogP contribution in [0.5, 0.6) is 0 Å².